The molecule has 0 aromatic carbocycles. The molecule has 21 heavy (non-hydrogen) atoms. The van der Waals surface area contributed by atoms with Crippen molar-refractivity contribution in [1.82, 2.24) is 5.32 Å². The number of allylic oxidation sites excluding steroid dienone is 2. The predicted octanol–water partition coefficient (Wildman–Crippen LogP) is 1.71. The third-order valence-corrected chi connectivity index (χ3v) is 3.20. The average molecular weight is 298 g/mol. The maximum Gasteiger partial charge on any atom is 0.407 e. The Hall–Kier alpha value is -1.53. The average Bonchev–Trinajstić information content (AvgIpc) is 2.49. The molecule has 2 saturated heterocycles. The van der Waals surface area contributed by atoms with Crippen LogP contribution in [-0.4, -0.2) is 44.1 Å². The van der Waals surface area contributed by atoms with Gasteiger partial charge in [-0.1, -0.05) is 19.9 Å². The van der Waals surface area contributed by atoms with Gasteiger partial charge in [0, 0.05) is 13.1 Å². The van der Waals surface area contributed by atoms with Gasteiger partial charge < -0.3 is 25.3 Å². The second-order valence-electron chi connectivity index (χ2n) is 4.66. The van der Waals surface area contributed by atoms with Crippen LogP contribution in [-0.2, 0) is 14.2 Å². The predicted molar refractivity (Wildman–Crippen MR) is 80.8 cm³/mol. The standard InChI is InChI=1S/C13H20N2O4.C2H6/c1-8-10(6-15-13(16)19-8)3-4-12-9(2)18-11(5-14)7-17-12;1-2/h3-4,8-9,11H,5-7,14H2,1-2H3,(H,15,16);1-2H3/b10-3-,12-4+;. The molecule has 2 aliphatic rings. The van der Waals surface area contributed by atoms with Crippen LogP contribution in [0.25, 0.3) is 0 Å². The van der Waals surface area contributed by atoms with Crippen LogP contribution in [0, 0.1) is 0 Å². The van der Waals surface area contributed by atoms with E-state index >= 15 is 0 Å². The third kappa shape index (κ3) is 5.06. The van der Waals surface area contributed by atoms with Crippen molar-refractivity contribution in [2.24, 2.45) is 5.73 Å². The van der Waals surface area contributed by atoms with Gasteiger partial charge in [-0.15, -0.1) is 0 Å². The molecule has 3 atom stereocenters. The first-order chi connectivity index (χ1) is 10.1. The summed E-state index contributed by atoms with van der Waals surface area (Å²) in [6, 6.07) is 0. The fourth-order valence-corrected chi connectivity index (χ4v) is 1.99. The van der Waals surface area contributed by atoms with Crippen LogP contribution in [0.1, 0.15) is 27.7 Å². The van der Waals surface area contributed by atoms with Gasteiger partial charge in [-0.3, -0.25) is 0 Å². The lowest BCUT2D eigenvalue weighted by Crippen LogP contribution is -2.39. The molecule has 2 fully saturated rings. The summed E-state index contributed by atoms with van der Waals surface area (Å²) in [6.07, 6.45) is 3.01. The summed E-state index contributed by atoms with van der Waals surface area (Å²) in [7, 11) is 0. The van der Waals surface area contributed by atoms with Gasteiger partial charge in [0.1, 0.15) is 30.7 Å². The Morgan fingerprint density at radius 3 is 2.57 bits per heavy atom. The molecule has 0 bridgehead atoms. The first-order valence-electron chi connectivity index (χ1n) is 7.43. The molecule has 120 valence electrons. The number of nitrogens with two attached hydrogens (primary N) is 1. The largest absolute Gasteiger partial charge is 0.492 e. The van der Waals surface area contributed by atoms with E-state index in [0.717, 1.165) is 11.3 Å². The van der Waals surface area contributed by atoms with Gasteiger partial charge in [0.15, 0.2) is 0 Å². The van der Waals surface area contributed by atoms with Crippen LogP contribution < -0.4 is 11.1 Å². The number of rotatable bonds is 2. The van der Waals surface area contributed by atoms with Gasteiger partial charge in [0.05, 0.1) is 0 Å². The van der Waals surface area contributed by atoms with Crippen molar-refractivity contribution in [1.29, 1.82) is 0 Å². The first-order valence-corrected chi connectivity index (χ1v) is 7.43. The second kappa shape index (κ2) is 8.69. The SMILES string of the molecule is CC.CC1OC(=O)NC/C1=C/C=C1/OCC(CN)OC1C. The summed E-state index contributed by atoms with van der Waals surface area (Å²) in [5, 5.41) is 2.63. The lowest BCUT2D eigenvalue weighted by atomic mass is 10.1. The number of ether oxygens (including phenoxy) is 3. The summed E-state index contributed by atoms with van der Waals surface area (Å²) < 4.78 is 16.4. The van der Waals surface area contributed by atoms with Gasteiger partial charge in [0.25, 0.3) is 0 Å². The van der Waals surface area contributed by atoms with Gasteiger partial charge in [0.2, 0.25) is 0 Å². The molecule has 6 nitrogen and oxygen atoms in total. The van der Waals surface area contributed by atoms with Crippen LogP contribution in [0.15, 0.2) is 23.5 Å². The molecule has 2 aliphatic heterocycles. The Balaban J connectivity index is 0.00000106. The lowest BCUT2D eigenvalue weighted by molar-refractivity contribution is -0.0865. The van der Waals surface area contributed by atoms with E-state index in [9.17, 15) is 4.79 Å². The smallest absolute Gasteiger partial charge is 0.407 e. The molecule has 1 amide bonds. The lowest BCUT2D eigenvalue weighted by Gasteiger charge is -2.30. The number of amides is 1. The number of cyclic esters (lactones) is 1. The van der Waals surface area contributed by atoms with Crippen molar-refractivity contribution in [3.63, 3.8) is 0 Å². The zero-order valence-corrected chi connectivity index (χ0v) is 13.2. The normalized spacial score (nSPS) is 32.6. The van der Waals surface area contributed by atoms with E-state index in [2.05, 4.69) is 5.32 Å². The maximum absolute atomic E-state index is 11.0. The van der Waals surface area contributed by atoms with Crippen LogP contribution in [0.3, 0.4) is 0 Å². The van der Waals surface area contributed by atoms with Gasteiger partial charge in [-0.25, -0.2) is 4.79 Å². The molecule has 0 aromatic heterocycles. The molecule has 0 aliphatic carbocycles. The highest BCUT2D eigenvalue weighted by molar-refractivity contribution is 5.69. The molecule has 6 heteroatoms. The highest BCUT2D eigenvalue weighted by Gasteiger charge is 2.24. The molecule has 0 spiro atoms. The van der Waals surface area contributed by atoms with Gasteiger partial charge in [-0.2, -0.15) is 0 Å². The number of nitrogens with one attached hydrogen (secondary N) is 1. The minimum absolute atomic E-state index is 0.0453. The fraction of sp³-hybridized carbons (Fsp3) is 0.667. The minimum Gasteiger partial charge on any atom is -0.492 e. The molecule has 2 rings (SSSR count). The summed E-state index contributed by atoms with van der Waals surface area (Å²) in [5.41, 5.74) is 6.53. The Labute approximate surface area is 126 Å². The number of alkyl carbamates (subject to hydrolysis) is 1. The number of hydrogen-bond donors (Lipinski definition) is 2. The summed E-state index contributed by atoms with van der Waals surface area (Å²) in [6.45, 7) is 9.18. The maximum atomic E-state index is 11.0. The van der Waals surface area contributed by atoms with Crippen molar-refractivity contribution >= 4 is 6.09 Å². The second-order valence-corrected chi connectivity index (χ2v) is 4.66. The number of carbonyl (C=O) groups excluding carboxylic acids is 1. The quantitative estimate of drug-likeness (QED) is 0.811. The fourth-order valence-electron chi connectivity index (χ4n) is 1.99. The highest BCUT2D eigenvalue weighted by Crippen LogP contribution is 2.19. The van der Waals surface area contributed by atoms with Crippen molar-refractivity contribution in [3.05, 3.63) is 23.5 Å². The van der Waals surface area contributed by atoms with Crippen molar-refractivity contribution in [2.45, 2.75) is 46.0 Å². The summed E-state index contributed by atoms with van der Waals surface area (Å²) in [5.74, 6) is 0.765. The van der Waals surface area contributed by atoms with Crippen LogP contribution in [0.2, 0.25) is 0 Å². The summed E-state index contributed by atoms with van der Waals surface area (Å²) >= 11 is 0. The van der Waals surface area contributed by atoms with Crippen LogP contribution >= 0.6 is 0 Å². The van der Waals surface area contributed by atoms with E-state index in [1.807, 2.05) is 39.8 Å². The van der Waals surface area contributed by atoms with E-state index in [0.29, 0.717) is 19.7 Å². The van der Waals surface area contributed by atoms with E-state index in [1.54, 1.807) is 0 Å². The zero-order chi connectivity index (χ0) is 15.8. The van der Waals surface area contributed by atoms with Crippen molar-refractivity contribution in [2.75, 3.05) is 19.7 Å². The molecule has 0 saturated carbocycles. The monoisotopic (exact) mass is 298 g/mol. The molecule has 3 N–H and O–H groups in total. The molecule has 0 radical (unpaired) electrons. The first kappa shape index (κ1) is 17.5. The molecule has 3 unspecified atom stereocenters. The van der Waals surface area contributed by atoms with Gasteiger partial charge in [-0.05, 0) is 25.5 Å². The Bertz CT molecular complexity index is 406. The van der Waals surface area contributed by atoms with Gasteiger partial charge >= 0.3 is 6.09 Å². The van der Waals surface area contributed by atoms with E-state index < -0.39 is 0 Å². The van der Waals surface area contributed by atoms with E-state index in [4.69, 9.17) is 19.9 Å². The summed E-state index contributed by atoms with van der Waals surface area (Å²) in [4.78, 5) is 11.0. The molecular formula is C15H26N2O4. The Morgan fingerprint density at radius 2 is 2.00 bits per heavy atom. The number of hydrogen-bond acceptors (Lipinski definition) is 5. The molecule has 2 heterocycles. The van der Waals surface area contributed by atoms with Crippen LogP contribution in [0.5, 0.6) is 0 Å². The molecular weight excluding hydrogens is 272 g/mol. The third-order valence-electron chi connectivity index (χ3n) is 3.20. The van der Waals surface area contributed by atoms with Crippen molar-refractivity contribution < 1.29 is 19.0 Å². The van der Waals surface area contributed by atoms with E-state index in [1.165, 1.54) is 0 Å². The number of carbonyl (C=O) groups is 1. The topological polar surface area (TPSA) is 82.8 Å². The zero-order valence-electron chi connectivity index (χ0n) is 13.2. The van der Waals surface area contributed by atoms with Crippen molar-refractivity contribution in [3.8, 4) is 0 Å². The minimum atomic E-state index is -0.381. The Kier molecular flexibility index (Phi) is 7.25. The molecule has 0 aromatic rings. The highest BCUT2D eigenvalue weighted by atomic mass is 16.6. The van der Waals surface area contributed by atoms with Crippen LogP contribution in [0.4, 0.5) is 4.79 Å². The van der Waals surface area contributed by atoms with E-state index in [-0.39, 0.29) is 24.4 Å². The Morgan fingerprint density at radius 1 is 1.29 bits per heavy atom.